The number of halogens is 2. The highest BCUT2D eigenvalue weighted by Crippen LogP contribution is 2.21. The third kappa shape index (κ3) is 4.82. The molecule has 2 N–H and O–H groups in total. The zero-order valence-corrected chi connectivity index (χ0v) is 13.8. The van der Waals surface area contributed by atoms with Gasteiger partial charge in [0.05, 0.1) is 17.3 Å². The van der Waals surface area contributed by atoms with Crippen LogP contribution in [0.25, 0.3) is 0 Å². The summed E-state index contributed by atoms with van der Waals surface area (Å²) in [6.45, 7) is 3.01. The summed E-state index contributed by atoms with van der Waals surface area (Å²) in [5, 5.41) is 5.30. The number of carbonyl (C=O) groups is 2. The molecule has 1 atom stereocenters. The lowest BCUT2D eigenvalue weighted by Crippen LogP contribution is -2.49. The molecular weight excluding hydrogens is 321 g/mol. The van der Waals surface area contributed by atoms with E-state index in [4.69, 9.17) is 11.6 Å². The summed E-state index contributed by atoms with van der Waals surface area (Å²) in [7, 11) is 0. The lowest BCUT2D eigenvalue weighted by molar-refractivity contribution is -0.136. The second-order valence-electron chi connectivity index (χ2n) is 5.63. The van der Waals surface area contributed by atoms with Crippen molar-refractivity contribution in [3.63, 3.8) is 0 Å². The Balaban J connectivity index is 1.81. The van der Waals surface area contributed by atoms with E-state index >= 15 is 0 Å². The molecule has 0 radical (unpaired) electrons. The molecule has 0 saturated carbocycles. The van der Waals surface area contributed by atoms with Crippen LogP contribution in [-0.4, -0.2) is 42.4 Å². The van der Waals surface area contributed by atoms with Gasteiger partial charge in [-0.1, -0.05) is 17.7 Å². The van der Waals surface area contributed by atoms with E-state index < -0.39 is 11.9 Å². The van der Waals surface area contributed by atoms with Gasteiger partial charge in [-0.2, -0.15) is 0 Å². The van der Waals surface area contributed by atoms with Crippen LogP contribution < -0.4 is 10.6 Å². The summed E-state index contributed by atoms with van der Waals surface area (Å²) in [6.07, 6.45) is 3.14. The van der Waals surface area contributed by atoms with Gasteiger partial charge in [0.2, 0.25) is 11.8 Å². The first-order chi connectivity index (χ1) is 11.0. The molecule has 2 rings (SSSR count). The normalized spacial score (nSPS) is 15.9. The molecule has 2 amide bonds. The number of carbonyl (C=O) groups excluding carboxylic acids is 2. The molecule has 1 fully saturated rings. The van der Waals surface area contributed by atoms with Crippen LogP contribution >= 0.6 is 11.6 Å². The van der Waals surface area contributed by atoms with E-state index in [-0.39, 0.29) is 29.1 Å². The van der Waals surface area contributed by atoms with E-state index in [0.29, 0.717) is 0 Å². The molecule has 1 aliphatic rings. The predicted molar refractivity (Wildman–Crippen MR) is 87.9 cm³/mol. The molecule has 23 heavy (non-hydrogen) atoms. The second kappa shape index (κ2) is 8.15. The average molecular weight is 342 g/mol. The van der Waals surface area contributed by atoms with Gasteiger partial charge in [0.1, 0.15) is 6.04 Å². The summed E-state index contributed by atoms with van der Waals surface area (Å²) in [5.41, 5.74) is 0.155. The minimum atomic E-state index is -0.598. The number of hydrogen-bond donors (Lipinski definition) is 2. The predicted octanol–water partition coefficient (Wildman–Crippen LogP) is 2.41. The zero-order valence-electron chi connectivity index (χ0n) is 13.1. The summed E-state index contributed by atoms with van der Waals surface area (Å²) < 4.78 is 13.7. The Morgan fingerprint density at radius 3 is 2.70 bits per heavy atom. The molecule has 1 aromatic carbocycles. The van der Waals surface area contributed by atoms with E-state index in [0.717, 1.165) is 32.4 Å². The van der Waals surface area contributed by atoms with Gasteiger partial charge in [0.15, 0.2) is 5.82 Å². The zero-order chi connectivity index (χ0) is 16.8. The van der Waals surface area contributed by atoms with Gasteiger partial charge in [-0.05, 0) is 38.3 Å². The van der Waals surface area contributed by atoms with Crippen molar-refractivity contribution in [2.45, 2.75) is 32.2 Å². The standard InChI is InChI=1S/C16H21ClFN3O2/c1-11(16(23)21-8-3-2-4-9-21)20-14(22)10-19-13-7-5-6-12(17)15(13)18/h5-7,11,19H,2-4,8-10H2,1H3,(H,20,22)/t11-/m1/s1. The molecule has 0 bridgehead atoms. The minimum absolute atomic E-state index is 0.0101. The number of likely N-dealkylation sites (tertiary alicyclic amines) is 1. The number of hydrogen-bond acceptors (Lipinski definition) is 3. The van der Waals surface area contributed by atoms with Crippen molar-refractivity contribution in [3.05, 3.63) is 29.0 Å². The fourth-order valence-corrected chi connectivity index (χ4v) is 2.73. The van der Waals surface area contributed by atoms with Crippen LogP contribution in [0, 0.1) is 5.82 Å². The molecule has 1 aliphatic heterocycles. The minimum Gasteiger partial charge on any atom is -0.374 e. The van der Waals surface area contributed by atoms with Crippen molar-refractivity contribution >= 4 is 29.1 Å². The molecule has 0 spiro atoms. The van der Waals surface area contributed by atoms with Gasteiger partial charge in [-0.15, -0.1) is 0 Å². The molecule has 5 nitrogen and oxygen atoms in total. The molecule has 1 saturated heterocycles. The number of nitrogens with zero attached hydrogens (tertiary/aromatic N) is 1. The fourth-order valence-electron chi connectivity index (χ4n) is 2.56. The first-order valence-electron chi connectivity index (χ1n) is 7.75. The number of nitrogens with one attached hydrogen (secondary N) is 2. The van der Waals surface area contributed by atoms with Crippen LogP contribution in [0.1, 0.15) is 26.2 Å². The largest absolute Gasteiger partial charge is 0.374 e. The quantitative estimate of drug-likeness (QED) is 0.864. The van der Waals surface area contributed by atoms with Crippen LogP contribution in [-0.2, 0) is 9.59 Å². The van der Waals surface area contributed by atoms with Crippen molar-refractivity contribution in [2.24, 2.45) is 0 Å². The maximum absolute atomic E-state index is 13.7. The number of benzene rings is 1. The van der Waals surface area contributed by atoms with Crippen LogP contribution in [0.4, 0.5) is 10.1 Å². The van der Waals surface area contributed by atoms with Crippen molar-refractivity contribution < 1.29 is 14.0 Å². The molecule has 1 heterocycles. The molecule has 0 aromatic heterocycles. The maximum atomic E-state index is 13.7. The fraction of sp³-hybridized carbons (Fsp3) is 0.500. The summed E-state index contributed by atoms with van der Waals surface area (Å²) in [5.74, 6) is -1.05. The first-order valence-corrected chi connectivity index (χ1v) is 8.13. The topological polar surface area (TPSA) is 61.4 Å². The van der Waals surface area contributed by atoms with Gasteiger partial charge in [0, 0.05) is 13.1 Å². The van der Waals surface area contributed by atoms with Crippen molar-refractivity contribution in [2.75, 3.05) is 25.0 Å². The highest BCUT2D eigenvalue weighted by molar-refractivity contribution is 6.31. The van der Waals surface area contributed by atoms with E-state index in [1.807, 2.05) is 0 Å². The third-order valence-corrected chi connectivity index (χ3v) is 4.10. The summed E-state index contributed by atoms with van der Waals surface area (Å²) >= 11 is 5.68. The lowest BCUT2D eigenvalue weighted by Gasteiger charge is -2.29. The van der Waals surface area contributed by atoms with Crippen molar-refractivity contribution in [1.29, 1.82) is 0 Å². The van der Waals surface area contributed by atoms with E-state index in [2.05, 4.69) is 10.6 Å². The third-order valence-electron chi connectivity index (χ3n) is 3.81. The van der Waals surface area contributed by atoms with Gasteiger partial charge in [-0.25, -0.2) is 4.39 Å². The van der Waals surface area contributed by atoms with Crippen molar-refractivity contribution in [3.8, 4) is 0 Å². The van der Waals surface area contributed by atoms with Crippen molar-refractivity contribution in [1.82, 2.24) is 10.2 Å². The molecule has 7 heteroatoms. The number of anilines is 1. The monoisotopic (exact) mass is 341 g/mol. The Morgan fingerprint density at radius 2 is 2.00 bits per heavy atom. The highest BCUT2D eigenvalue weighted by Gasteiger charge is 2.23. The van der Waals surface area contributed by atoms with Gasteiger partial charge in [-0.3, -0.25) is 9.59 Å². The Kier molecular flexibility index (Phi) is 6.21. The molecule has 0 aliphatic carbocycles. The second-order valence-corrected chi connectivity index (χ2v) is 6.04. The Hall–Kier alpha value is -1.82. The Morgan fingerprint density at radius 1 is 1.30 bits per heavy atom. The summed E-state index contributed by atoms with van der Waals surface area (Å²) in [4.78, 5) is 25.9. The van der Waals surface area contributed by atoms with Gasteiger partial charge in [0.25, 0.3) is 0 Å². The Bertz CT molecular complexity index is 576. The van der Waals surface area contributed by atoms with E-state index in [1.165, 1.54) is 12.1 Å². The molecule has 0 unspecified atom stereocenters. The number of amides is 2. The first kappa shape index (κ1) is 17.5. The Labute approximate surface area is 140 Å². The smallest absolute Gasteiger partial charge is 0.244 e. The number of rotatable bonds is 5. The maximum Gasteiger partial charge on any atom is 0.244 e. The molecule has 1 aromatic rings. The van der Waals surface area contributed by atoms with Gasteiger partial charge < -0.3 is 15.5 Å². The lowest BCUT2D eigenvalue weighted by atomic mass is 10.1. The van der Waals surface area contributed by atoms with Crippen LogP contribution in [0.5, 0.6) is 0 Å². The summed E-state index contributed by atoms with van der Waals surface area (Å²) in [6, 6.07) is 3.93. The van der Waals surface area contributed by atoms with Crippen LogP contribution in [0.15, 0.2) is 18.2 Å². The number of piperidine rings is 1. The average Bonchev–Trinajstić information content (AvgIpc) is 2.56. The van der Waals surface area contributed by atoms with E-state index in [1.54, 1.807) is 17.9 Å². The molecular formula is C16H21ClFN3O2. The van der Waals surface area contributed by atoms with E-state index in [9.17, 15) is 14.0 Å². The SMILES string of the molecule is C[C@@H](NC(=O)CNc1cccc(Cl)c1F)C(=O)N1CCCCC1. The van der Waals surface area contributed by atoms with Crippen LogP contribution in [0.3, 0.4) is 0 Å². The van der Waals surface area contributed by atoms with Crippen LogP contribution in [0.2, 0.25) is 5.02 Å². The highest BCUT2D eigenvalue weighted by atomic mass is 35.5. The van der Waals surface area contributed by atoms with Gasteiger partial charge >= 0.3 is 0 Å². The molecule has 126 valence electrons.